The van der Waals surface area contributed by atoms with Crippen LogP contribution in [0.15, 0.2) is 42.4 Å². The zero-order chi connectivity index (χ0) is 22.3. The van der Waals surface area contributed by atoms with Gasteiger partial charge in [0.15, 0.2) is 6.33 Å². The lowest BCUT2D eigenvalue weighted by atomic mass is 9.76. The summed E-state index contributed by atoms with van der Waals surface area (Å²) in [5.41, 5.74) is 1.89. The molecule has 0 saturated carbocycles. The highest BCUT2D eigenvalue weighted by Gasteiger charge is 2.52. The number of hydrogen-bond acceptors (Lipinski definition) is 8. The van der Waals surface area contributed by atoms with Crippen molar-refractivity contribution in [2.45, 2.75) is 38.3 Å². The van der Waals surface area contributed by atoms with Crippen LogP contribution in [0.5, 0.6) is 0 Å². The molecule has 10 heteroatoms. The van der Waals surface area contributed by atoms with Crippen LogP contribution < -0.4 is 0 Å². The van der Waals surface area contributed by atoms with Gasteiger partial charge in [-0.15, -0.1) is 15.0 Å². The quantitative estimate of drug-likeness (QED) is 0.683. The molecule has 2 saturated heterocycles. The standard InChI is InChI=1S/C22H26N6O4/c1-15-11-22(21(31)27(15)18-10-20(30)32-13-18)6-8-26(9-7-22)12-19(29)16-2-4-17(5-3-16)28-24-14-23-25-28/h2-5,10,14-15,19,29H,6-9,11-13H2,1H3/t15-,19?/m0/s1. The normalized spacial score (nSPS) is 24.1. The number of carbonyl (C=O) groups excluding carboxylic acids is 2. The van der Waals surface area contributed by atoms with Crippen molar-refractivity contribution in [3.63, 3.8) is 0 Å². The molecule has 5 rings (SSSR count). The Morgan fingerprint density at radius 1 is 1.22 bits per heavy atom. The number of likely N-dealkylation sites (tertiary alicyclic amines) is 2. The number of aliphatic hydroxyl groups is 1. The molecule has 1 N–H and O–H groups in total. The molecule has 3 aliphatic rings. The number of rotatable bonds is 5. The lowest BCUT2D eigenvalue weighted by Gasteiger charge is -2.38. The van der Waals surface area contributed by atoms with Crippen LogP contribution in [0.2, 0.25) is 0 Å². The van der Waals surface area contributed by atoms with Gasteiger partial charge in [0.1, 0.15) is 6.61 Å². The maximum absolute atomic E-state index is 13.3. The first-order valence-electron chi connectivity index (χ1n) is 10.9. The molecule has 1 spiro atoms. The van der Waals surface area contributed by atoms with Crippen LogP contribution in [0.25, 0.3) is 5.69 Å². The predicted octanol–water partition coefficient (Wildman–Crippen LogP) is 0.839. The number of aromatic nitrogens is 4. The van der Waals surface area contributed by atoms with E-state index >= 15 is 0 Å². The highest BCUT2D eigenvalue weighted by molar-refractivity contribution is 5.91. The molecular formula is C22H26N6O4. The minimum Gasteiger partial charge on any atom is -0.456 e. The largest absolute Gasteiger partial charge is 0.456 e. The molecule has 168 valence electrons. The van der Waals surface area contributed by atoms with Gasteiger partial charge in [-0.05, 0) is 62.2 Å². The highest BCUT2D eigenvalue weighted by atomic mass is 16.5. The molecule has 32 heavy (non-hydrogen) atoms. The number of amides is 1. The monoisotopic (exact) mass is 438 g/mol. The number of β-amino-alcohol motifs (C(OH)–C–C–N with tert-alkyl or cyclic N) is 1. The van der Waals surface area contributed by atoms with Gasteiger partial charge < -0.3 is 19.6 Å². The summed E-state index contributed by atoms with van der Waals surface area (Å²) in [6.45, 7) is 4.22. The Morgan fingerprint density at radius 3 is 2.59 bits per heavy atom. The molecule has 0 aliphatic carbocycles. The van der Waals surface area contributed by atoms with Gasteiger partial charge in [0.25, 0.3) is 0 Å². The Labute approximate surface area is 185 Å². The van der Waals surface area contributed by atoms with Gasteiger partial charge in [-0.2, -0.15) is 0 Å². The van der Waals surface area contributed by atoms with Crippen LogP contribution >= 0.6 is 0 Å². The van der Waals surface area contributed by atoms with Crippen LogP contribution in [-0.4, -0.2) is 79.3 Å². The summed E-state index contributed by atoms with van der Waals surface area (Å²) in [6.07, 6.45) is 4.47. The van der Waals surface area contributed by atoms with Crippen molar-refractivity contribution in [2.24, 2.45) is 5.41 Å². The van der Waals surface area contributed by atoms with Crippen molar-refractivity contribution >= 4 is 11.9 Å². The summed E-state index contributed by atoms with van der Waals surface area (Å²) >= 11 is 0. The fourth-order valence-electron chi connectivity index (χ4n) is 5.16. The summed E-state index contributed by atoms with van der Waals surface area (Å²) in [7, 11) is 0. The molecule has 2 atom stereocenters. The van der Waals surface area contributed by atoms with Crippen molar-refractivity contribution < 1.29 is 19.4 Å². The second-order valence-corrected chi connectivity index (χ2v) is 8.89. The number of nitrogens with zero attached hydrogens (tertiary/aromatic N) is 6. The summed E-state index contributed by atoms with van der Waals surface area (Å²) < 4.78 is 5.01. The van der Waals surface area contributed by atoms with Gasteiger partial charge >= 0.3 is 5.97 Å². The van der Waals surface area contributed by atoms with Crippen molar-refractivity contribution in [3.05, 3.63) is 47.9 Å². The van der Waals surface area contributed by atoms with Crippen LogP contribution in [-0.2, 0) is 14.3 Å². The maximum Gasteiger partial charge on any atom is 0.333 e. The molecule has 1 aromatic heterocycles. The second-order valence-electron chi connectivity index (χ2n) is 8.89. The van der Waals surface area contributed by atoms with Crippen LogP contribution in [0.3, 0.4) is 0 Å². The Bertz CT molecular complexity index is 1030. The lowest BCUT2D eigenvalue weighted by molar-refractivity contribution is -0.139. The predicted molar refractivity (Wildman–Crippen MR) is 112 cm³/mol. The smallest absolute Gasteiger partial charge is 0.333 e. The van der Waals surface area contributed by atoms with Crippen molar-refractivity contribution in [2.75, 3.05) is 26.2 Å². The summed E-state index contributed by atoms with van der Waals surface area (Å²) in [4.78, 5) is 30.2. The minimum absolute atomic E-state index is 0.0541. The second kappa shape index (κ2) is 8.10. The summed E-state index contributed by atoms with van der Waals surface area (Å²) in [5, 5.41) is 22.3. The molecule has 2 aromatic rings. The summed E-state index contributed by atoms with van der Waals surface area (Å²) in [5.74, 6) is -0.276. The average molecular weight is 438 g/mol. The van der Waals surface area contributed by atoms with Crippen LogP contribution in [0.4, 0.5) is 0 Å². The number of benzene rings is 1. The first kappa shape index (κ1) is 20.8. The Kier molecular flexibility index (Phi) is 5.26. The van der Waals surface area contributed by atoms with E-state index in [1.54, 1.807) is 4.90 Å². The molecule has 0 radical (unpaired) electrons. The van der Waals surface area contributed by atoms with Crippen molar-refractivity contribution in [1.82, 2.24) is 30.0 Å². The molecule has 2 fully saturated rings. The number of cyclic esters (lactones) is 1. The first-order valence-corrected chi connectivity index (χ1v) is 10.9. The number of carbonyl (C=O) groups is 2. The van der Waals surface area contributed by atoms with E-state index in [1.807, 2.05) is 31.2 Å². The third-order valence-electron chi connectivity index (χ3n) is 6.86. The van der Waals surface area contributed by atoms with Crippen LogP contribution in [0.1, 0.15) is 37.9 Å². The molecule has 4 heterocycles. The topological polar surface area (TPSA) is 114 Å². The van der Waals surface area contributed by atoms with Crippen molar-refractivity contribution in [3.8, 4) is 5.69 Å². The third kappa shape index (κ3) is 3.69. The SMILES string of the molecule is C[C@H]1CC2(CCN(CC(O)c3ccc(-n4ncnn4)cc3)CC2)C(=O)N1C1=CC(=O)OC1. The van der Waals surface area contributed by atoms with E-state index in [0.29, 0.717) is 12.2 Å². The van der Waals surface area contributed by atoms with E-state index in [4.69, 9.17) is 4.74 Å². The Balaban J connectivity index is 1.19. The minimum atomic E-state index is -0.622. The molecule has 1 amide bonds. The molecule has 1 unspecified atom stereocenters. The van der Waals surface area contributed by atoms with Gasteiger partial charge in [0.05, 0.1) is 22.9 Å². The molecular weight excluding hydrogens is 412 g/mol. The average Bonchev–Trinajstić information content (AvgIpc) is 3.52. The van der Waals surface area contributed by atoms with E-state index in [-0.39, 0.29) is 29.9 Å². The third-order valence-corrected chi connectivity index (χ3v) is 6.86. The van der Waals surface area contributed by atoms with Gasteiger partial charge in [-0.1, -0.05) is 12.1 Å². The van der Waals surface area contributed by atoms with Crippen molar-refractivity contribution in [1.29, 1.82) is 0 Å². The van der Waals surface area contributed by atoms with E-state index in [9.17, 15) is 14.7 Å². The van der Waals surface area contributed by atoms with E-state index in [2.05, 4.69) is 20.3 Å². The number of tetrazole rings is 1. The maximum atomic E-state index is 13.3. The van der Waals surface area contributed by atoms with Gasteiger partial charge in [-0.3, -0.25) is 4.79 Å². The van der Waals surface area contributed by atoms with Crippen LogP contribution in [0, 0.1) is 5.41 Å². The number of hydrogen-bond donors (Lipinski definition) is 1. The van der Waals surface area contributed by atoms with Gasteiger partial charge in [0.2, 0.25) is 5.91 Å². The first-order chi connectivity index (χ1) is 15.4. The number of ether oxygens (including phenoxy) is 1. The van der Waals surface area contributed by atoms with E-state index in [1.165, 1.54) is 17.2 Å². The number of esters is 1. The molecule has 0 bridgehead atoms. The Hall–Kier alpha value is -3.11. The molecule has 10 nitrogen and oxygen atoms in total. The van der Waals surface area contributed by atoms with E-state index in [0.717, 1.165) is 43.6 Å². The zero-order valence-electron chi connectivity index (χ0n) is 17.9. The number of piperidine rings is 1. The van der Waals surface area contributed by atoms with Gasteiger partial charge in [-0.25, -0.2) is 4.79 Å². The fraction of sp³-hybridized carbons (Fsp3) is 0.500. The highest BCUT2D eigenvalue weighted by Crippen LogP contribution is 2.46. The Morgan fingerprint density at radius 2 is 1.97 bits per heavy atom. The molecule has 1 aromatic carbocycles. The van der Waals surface area contributed by atoms with E-state index < -0.39 is 6.10 Å². The summed E-state index contributed by atoms with van der Waals surface area (Å²) in [6, 6.07) is 7.50. The number of aliphatic hydroxyl groups excluding tert-OH is 1. The zero-order valence-corrected chi connectivity index (χ0v) is 17.9. The molecule has 3 aliphatic heterocycles. The lowest BCUT2D eigenvalue weighted by Crippen LogP contribution is -2.45. The fourth-order valence-corrected chi connectivity index (χ4v) is 5.16. The van der Waals surface area contributed by atoms with Gasteiger partial charge in [0, 0.05) is 18.7 Å².